The Balaban J connectivity index is -0.000000187. The van der Waals surface area contributed by atoms with Gasteiger partial charge in [0.25, 0.3) is 0 Å². The van der Waals surface area contributed by atoms with E-state index in [1.54, 1.807) is 18.0 Å². The molecule has 0 aromatic carbocycles. The van der Waals surface area contributed by atoms with E-state index in [0.29, 0.717) is 29.9 Å². The number of carboxylic acids is 3. The molecule has 0 aromatic heterocycles. The predicted molar refractivity (Wildman–Crippen MR) is 135 cm³/mol. The number of carbonyl (C=O) groups excluding carboxylic acids is 2. The van der Waals surface area contributed by atoms with Gasteiger partial charge >= 0.3 is 11.9 Å². The van der Waals surface area contributed by atoms with Gasteiger partial charge in [-0.2, -0.15) is 0 Å². The van der Waals surface area contributed by atoms with Crippen LogP contribution in [0, 0.1) is 11.3 Å². The quantitative estimate of drug-likeness (QED) is 0.134. The first kappa shape index (κ1) is 40.1. The summed E-state index contributed by atoms with van der Waals surface area (Å²) in [6.07, 6.45) is 1.21. The summed E-state index contributed by atoms with van der Waals surface area (Å²) in [5.74, 6) is -2.64. The van der Waals surface area contributed by atoms with Crippen LogP contribution in [0.1, 0.15) is 33.6 Å². The smallest absolute Gasteiger partial charge is 0.320 e. The summed E-state index contributed by atoms with van der Waals surface area (Å²) in [6.45, 7) is 9.61. The molecule has 0 aliphatic carbocycles. The minimum atomic E-state index is -1.20. The third-order valence-electron chi connectivity index (χ3n) is 3.40. The highest BCUT2D eigenvalue weighted by atomic mass is 16.4. The number of aliphatic hydroxyl groups is 1. The average molecular weight is 523 g/mol. The van der Waals surface area contributed by atoms with Crippen LogP contribution in [0.4, 0.5) is 0 Å². The van der Waals surface area contributed by atoms with Crippen molar-refractivity contribution in [3.05, 3.63) is 12.7 Å². The van der Waals surface area contributed by atoms with Gasteiger partial charge in [-0.25, -0.2) is 0 Å². The van der Waals surface area contributed by atoms with E-state index in [-0.39, 0.29) is 24.8 Å². The molecule has 0 spiro atoms. The van der Waals surface area contributed by atoms with E-state index in [9.17, 15) is 24.3 Å². The molecule has 212 valence electrons. The van der Waals surface area contributed by atoms with E-state index >= 15 is 0 Å². The number of nitrogens with zero attached hydrogens (tertiary/aromatic N) is 2. The summed E-state index contributed by atoms with van der Waals surface area (Å²) in [7, 11) is 7.36. The third kappa shape index (κ3) is 35.5. The summed E-state index contributed by atoms with van der Waals surface area (Å²) in [5.41, 5.74) is 9.79. The van der Waals surface area contributed by atoms with Crippen LogP contribution in [0.25, 0.3) is 0 Å². The average Bonchev–Trinajstić information content (AvgIpc) is 2.96. The van der Waals surface area contributed by atoms with Crippen LogP contribution >= 0.6 is 0 Å². The van der Waals surface area contributed by atoms with Crippen LogP contribution in [0.3, 0.4) is 0 Å². The summed E-state index contributed by atoms with van der Waals surface area (Å²) in [6, 6.07) is -0.690. The molecule has 36 heavy (non-hydrogen) atoms. The molecule has 1 rings (SSSR count). The molecule has 14 nitrogen and oxygen atoms in total. The fourth-order valence-corrected chi connectivity index (χ4v) is 2.06. The lowest BCUT2D eigenvalue weighted by molar-refractivity contribution is -0.873. The zero-order valence-electron chi connectivity index (χ0n) is 22.5. The minimum Gasteiger partial charge on any atom is -0.550 e. The van der Waals surface area contributed by atoms with Crippen LogP contribution in [-0.2, 0) is 19.2 Å². The summed E-state index contributed by atoms with van der Waals surface area (Å²) < 4.78 is 0.550. The zero-order chi connectivity index (χ0) is 29.6. The lowest BCUT2D eigenvalue weighted by Gasteiger charge is -2.26. The molecule has 1 aliphatic rings. The van der Waals surface area contributed by atoms with Crippen molar-refractivity contribution in [2.24, 2.45) is 17.4 Å². The molecule has 2 atom stereocenters. The molecule has 0 radical (unpaired) electrons. The molecular formula is C22H46N6O8. The number of allylic oxidation sites excluding steroid dienone is 1. The van der Waals surface area contributed by atoms with Gasteiger partial charge in [0.1, 0.15) is 18.7 Å². The SMILES string of the molecule is C=CC.CC(C)CC(N)C(=O)O.CN1CC(=O)NC1=N.C[N+](C)(C)CC(O)CC(=O)[O-].NCC(=O)O. The molecule has 0 saturated carbocycles. The molecule has 1 aliphatic heterocycles. The predicted octanol–water partition coefficient (Wildman–Crippen LogP) is -2.16. The number of rotatable bonds is 8. The second-order valence-electron chi connectivity index (χ2n) is 9.04. The molecule has 1 amide bonds. The highest BCUT2D eigenvalue weighted by molar-refractivity contribution is 6.02. The van der Waals surface area contributed by atoms with Crippen LogP contribution in [0.15, 0.2) is 12.7 Å². The third-order valence-corrected chi connectivity index (χ3v) is 3.40. The highest BCUT2D eigenvalue weighted by Crippen LogP contribution is 2.01. The molecular weight excluding hydrogens is 476 g/mol. The standard InChI is InChI=1S/C7H15NO3.C6H13NO2.C4H7N3O.C3H6.C2H5NO2/c1-8(2,3)5-6(9)4-7(10)11;1-4(2)3-5(7)6(8)9;1-7-2-3(8)6-4(7)5;1-3-2;3-1-2(4)5/h6,9H,4-5H2,1-3H3;4-5H,3,7H2,1-2H3,(H,8,9);2H2,1H3,(H2,5,6,8);3H,1H2,2H3;1,3H2,(H,4,5). The Morgan fingerprint density at radius 2 is 1.69 bits per heavy atom. The molecule has 0 aromatic rings. The topological polar surface area (TPSA) is 243 Å². The van der Waals surface area contributed by atoms with Gasteiger partial charge in [-0.05, 0) is 19.3 Å². The van der Waals surface area contributed by atoms with E-state index in [4.69, 9.17) is 26.5 Å². The number of quaternary nitrogens is 1. The minimum absolute atomic E-state index is 0.0995. The fraction of sp³-hybridized carbons (Fsp3) is 0.682. The lowest BCUT2D eigenvalue weighted by atomic mass is 10.1. The van der Waals surface area contributed by atoms with Crippen LogP contribution < -0.4 is 21.9 Å². The van der Waals surface area contributed by atoms with Crippen LogP contribution in [-0.4, -0.2) is 114 Å². The van der Waals surface area contributed by atoms with E-state index in [1.165, 1.54) is 0 Å². The van der Waals surface area contributed by atoms with Crippen molar-refractivity contribution < 1.29 is 44.1 Å². The molecule has 1 saturated heterocycles. The van der Waals surface area contributed by atoms with Crippen LogP contribution in [0.5, 0.6) is 0 Å². The Morgan fingerprint density at radius 3 is 1.83 bits per heavy atom. The van der Waals surface area contributed by atoms with Gasteiger partial charge in [-0.3, -0.25) is 25.1 Å². The van der Waals surface area contributed by atoms with Crippen LogP contribution in [0.2, 0.25) is 0 Å². The normalized spacial score (nSPS) is 13.6. The summed E-state index contributed by atoms with van der Waals surface area (Å²) in [5, 5.41) is 44.4. The fourth-order valence-electron chi connectivity index (χ4n) is 2.06. The molecule has 14 heteroatoms. The number of likely N-dealkylation sites (N-methyl/N-ethyl adjacent to an activating group) is 2. The molecule has 9 N–H and O–H groups in total. The Bertz CT molecular complexity index is 680. The summed E-state index contributed by atoms with van der Waals surface area (Å²) >= 11 is 0. The Morgan fingerprint density at radius 1 is 1.28 bits per heavy atom. The van der Waals surface area contributed by atoms with Crippen molar-refractivity contribution in [1.29, 1.82) is 5.41 Å². The van der Waals surface area contributed by atoms with Crippen molar-refractivity contribution >= 4 is 29.8 Å². The van der Waals surface area contributed by atoms with Gasteiger partial charge in [-0.15, -0.1) is 6.58 Å². The second-order valence-corrected chi connectivity index (χ2v) is 9.04. The van der Waals surface area contributed by atoms with Gasteiger partial charge in [0.15, 0.2) is 5.96 Å². The first-order valence-electron chi connectivity index (χ1n) is 11.0. The Labute approximate surface area is 213 Å². The van der Waals surface area contributed by atoms with E-state index in [0.717, 1.165) is 0 Å². The van der Waals surface area contributed by atoms with Crippen molar-refractivity contribution in [2.45, 2.75) is 45.8 Å². The van der Waals surface area contributed by atoms with E-state index in [2.05, 4.69) is 17.6 Å². The molecule has 1 heterocycles. The van der Waals surface area contributed by atoms with Gasteiger partial charge in [-0.1, -0.05) is 19.9 Å². The molecule has 1 fully saturated rings. The first-order chi connectivity index (χ1) is 16.2. The number of carboxylic acid groups (broad SMARTS) is 3. The number of hydrogen-bond acceptors (Lipinski definition) is 9. The molecule has 0 bridgehead atoms. The van der Waals surface area contributed by atoms with Crippen molar-refractivity contribution in [3.8, 4) is 0 Å². The van der Waals surface area contributed by atoms with Crippen molar-refractivity contribution in [3.63, 3.8) is 0 Å². The lowest BCUT2D eigenvalue weighted by Crippen LogP contribution is -2.43. The van der Waals surface area contributed by atoms with E-state index < -0.39 is 30.1 Å². The van der Waals surface area contributed by atoms with Gasteiger partial charge in [0, 0.05) is 19.4 Å². The van der Waals surface area contributed by atoms with Gasteiger partial charge in [0.2, 0.25) is 5.91 Å². The highest BCUT2D eigenvalue weighted by Gasteiger charge is 2.18. The number of amides is 1. The van der Waals surface area contributed by atoms with E-state index in [1.807, 2.05) is 41.9 Å². The summed E-state index contributed by atoms with van der Waals surface area (Å²) in [4.78, 5) is 41.3. The maximum atomic E-state index is 10.4. The van der Waals surface area contributed by atoms with Crippen molar-refractivity contribution in [2.75, 3.05) is 47.8 Å². The maximum absolute atomic E-state index is 10.4. The second kappa shape index (κ2) is 22.4. The number of carbonyl (C=O) groups is 4. The number of nitrogens with one attached hydrogen (secondary N) is 2. The zero-order valence-corrected chi connectivity index (χ0v) is 22.5. The number of nitrogens with two attached hydrogens (primary N) is 2. The maximum Gasteiger partial charge on any atom is 0.320 e. The first-order valence-corrected chi connectivity index (χ1v) is 11.0. The number of guanidine groups is 1. The van der Waals surface area contributed by atoms with Gasteiger partial charge < -0.3 is 46.1 Å². The largest absolute Gasteiger partial charge is 0.550 e. The Hall–Kier alpha value is -3.07. The van der Waals surface area contributed by atoms with Gasteiger partial charge in [0.05, 0.1) is 34.2 Å². The number of aliphatic hydroxyl groups excluding tert-OH is 1. The van der Waals surface area contributed by atoms with Crippen molar-refractivity contribution in [1.82, 2.24) is 10.2 Å². The monoisotopic (exact) mass is 522 g/mol. The molecule has 2 unspecified atom stereocenters. The number of hydrogen-bond donors (Lipinski definition) is 7. The number of aliphatic carboxylic acids is 3. The Kier molecular flexibility index (Phi) is 25.0.